The minimum Gasteiger partial charge on any atom is -0.467 e. The standard InChI is InChI=1S/C24H26ClN5O6S2/c1-29-8-7-21(27-29)35-12-22(31)30-9-5-15(6-10-30)24-26-19(13-37-24)18-11-20(36-28-18)23-16(14-38(32,33)34)3-2-4-17(23)25/h2-4,7-8,13,15,20H,5-6,9-12,14H2,1H3,(H,32,33,34). The number of benzene rings is 1. The van der Waals surface area contributed by atoms with Crippen molar-refractivity contribution < 1.29 is 27.3 Å². The Morgan fingerprint density at radius 1 is 1.29 bits per heavy atom. The first-order chi connectivity index (χ1) is 18.2. The van der Waals surface area contributed by atoms with Crippen LogP contribution >= 0.6 is 22.9 Å². The van der Waals surface area contributed by atoms with Gasteiger partial charge in [-0.1, -0.05) is 28.9 Å². The fourth-order valence-corrected chi connectivity index (χ4v) is 6.59. The highest BCUT2D eigenvalue weighted by atomic mass is 35.5. The minimum atomic E-state index is -4.24. The number of rotatable bonds is 8. The lowest BCUT2D eigenvalue weighted by Gasteiger charge is -2.31. The first-order valence-corrected chi connectivity index (χ1v) is 14.8. The zero-order valence-corrected chi connectivity index (χ0v) is 22.9. The SMILES string of the molecule is Cn1ccc(OCC(=O)N2CCC(c3nc(C4=NOC(c5c(Cl)cccc5CS(=O)(=O)O)C4)cs3)CC2)n1. The van der Waals surface area contributed by atoms with Gasteiger partial charge in [-0.05, 0) is 24.5 Å². The summed E-state index contributed by atoms with van der Waals surface area (Å²) in [4.78, 5) is 24.8. The van der Waals surface area contributed by atoms with E-state index < -0.39 is 22.0 Å². The average Bonchev–Trinajstić information content (AvgIpc) is 3.63. The molecule has 0 spiro atoms. The van der Waals surface area contributed by atoms with Gasteiger partial charge < -0.3 is 14.5 Å². The molecule has 1 amide bonds. The number of likely N-dealkylation sites (tertiary alicyclic amines) is 1. The molecule has 0 aliphatic carbocycles. The molecule has 1 atom stereocenters. The smallest absolute Gasteiger partial charge is 0.269 e. The Balaban J connectivity index is 1.17. The molecule has 0 radical (unpaired) electrons. The quantitative estimate of drug-likeness (QED) is 0.400. The number of hydrogen-bond acceptors (Lipinski definition) is 9. The second-order valence-corrected chi connectivity index (χ2v) is 12.0. The summed E-state index contributed by atoms with van der Waals surface area (Å²) in [6, 6.07) is 6.59. The molecule has 11 nitrogen and oxygen atoms in total. The van der Waals surface area contributed by atoms with Crippen LogP contribution in [0.15, 0.2) is 41.0 Å². The molecule has 1 N–H and O–H groups in total. The highest BCUT2D eigenvalue weighted by Gasteiger charge is 2.31. The summed E-state index contributed by atoms with van der Waals surface area (Å²) in [7, 11) is -2.45. The van der Waals surface area contributed by atoms with Crippen molar-refractivity contribution in [1.82, 2.24) is 19.7 Å². The molecule has 2 aromatic heterocycles. The molecule has 38 heavy (non-hydrogen) atoms. The Morgan fingerprint density at radius 3 is 2.79 bits per heavy atom. The van der Waals surface area contributed by atoms with E-state index >= 15 is 0 Å². The van der Waals surface area contributed by atoms with Crippen LogP contribution in [0.1, 0.15) is 53.1 Å². The molecule has 0 saturated carbocycles. The molecule has 1 unspecified atom stereocenters. The maximum atomic E-state index is 12.5. The van der Waals surface area contributed by atoms with Crippen molar-refractivity contribution in [2.45, 2.75) is 37.0 Å². The highest BCUT2D eigenvalue weighted by Crippen LogP contribution is 2.38. The Labute approximate surface area is 228 Å². The molecule has 2 aliphatic rings. The van der Waals surface area contributed by atoms with Crippen LogP contribution in [0, 0.1) is 0 Å². The van der Waals surface area contributed by atoms with Gasteiger partial charge in [0.15, 0.2) is 12.7 Å². The minimum absolute atomic E-state index is 0.0402. The van der Waals surface area contributed by atoms with Gasteiger partial charge in [-0.3, -0.25) is 14.0 Å². The predicted molar refractivity (Wildman–Crippen MR) is 141 cm³/mol. The van der Waals surface area contributed by atoms with E-state index in [1.54, 1.807) is 58.4 Å². The molecular formula is C24H26ClN5O6S2. The molecule has 1 fully saturated rings. The molecule has 0 bridgehead atoms. The zero-order chi connectivity index (χ0) is 26.9. The second-order valence-electron chi connectivity index (χ2n) is 9.22. The summed E-state index contributed by atoms with van der Waals surface area (Å²) in [6.45, 7) is 1.21. The number of carbonyl (C=O) groups excluding carboxylic acids is 1. The zero-order valence-electron chi connectivity index (χ0n) is 20.5. The first-order valence-electron chi connectivity index (χ1n) is 12.0. The van der Waals surface area contributed by atoms with Crippen molar-refractivity contribution in [2.75, 3.05) is 19.7 Å². The van der Waals surface area contributed by atoms with Gasteiger partial charge in [0, 0.05) is 60.7 Å². The fraction of sp³-hybridized carbons (Fsp3) is 0.417. The van der Waals surface area contributed by atoms with Crippen molar-refractivity contribution in [3.63, 3.8) is 0 Å². The first kappa shape index (κ1) is 26.6. The van der Waals surface area contributed by atoms with Gasteiger partial charge >= 0.3 is 0 Å². The van der Waals surface area contributed by atoms with Crippen LogP contribution in [0.3, 0.4) is 0 Å². The largest absolute Gasteiger partial charge is 0.467 e. The Kier molecular flexibility index (Phi) is 7.70. The lowest BCUT2D eigenvalue weighted by atomic mass is 9.97. The van der Waals surface area contributed by atoms with Crippen molar-refractivity contribution in [3.05, 3.63) is 62.7 Å². The number of nitrogens with zero attached hydrogens (tertiary/aromatic N) is 5. The fourth-order valence-electron chi connectivity index (χ4n) is 4.63. The topological polar surface area (TPSA) is 136 Å². The van der Waals surface area contributed by atoms with E-state index in [0.29, 0.717) is 52.9 Å². The number of oxime groups is 1. The Bertz CT molecular complexity index is 1460. The number of thiazole rings is 1. The molecule has 1 saturated heterocycles. The van der Waals surface area contributed by atoms with Gasteiger partial charge in [-0.25, -0.2) is 4.98 Å². The molecule has 1 aromatic carbocycles. The van der Waals surface area contributed by atoms with Gasteiger partial charge in [-0.15, -0.1) is 16.4 Å². The number of hydrogen-bond donors (Lipinski definition) is 1. The van der Waals surface area contributed by atoms with Crippen LogP contribution in [0.2, 0.25) is 5.02 Å². The summed E-state index contributed by atoms with van der Waals surface area (Å²) in [6.07, 6.45) is 3.14. The van der Waals surface area contributed by atoms with Gasteiger partial charge in [0.25, 0.3) is 16.0 Å². The maximum absolute atomic E-state index is 12.5. The van der Waals surface area contributed by atoms with E-state index in [1.165, 1.54) is 0 Å². The Morgan fingerprint density at radius 2 is 2.08 bits per heavy atom. The summed E-state index contributed by atoms with van der Waals surface area (Å²) in [5.74, 6) is 0.0369. The molecule has 3 aromatic rings. The molecule has 202 valence electrons. The Hall–Kier alpha value is -3.00. The molecule has 5 rings (SSSR count). The van der Waals surface area contributed by atoms with Gasteiger partial charge in [0.2, 0.25) is 5.88 Å². The molecule has 4 heterocycles. The second kappa shape index (κ2) is 11.0. The van der Waals surface area contributed by atoms with Crippen LogP contribution in [-0.4, -0.2) is 64.0 Å². The number of halogens is 1. The lowest BCUT2D eigenvalue weighted by Crippen LogP contribution is -2.40. The summed E-state index contributed by atoms with van der Waals surface area (Å²) < 4.78 is 39.4. The normalized spacial score (nSPS) is 18.3. The number of carbonyl (C=O) groups is 1. The third-order valence-corrected chi connectivity index (χ3v) is 8.53. The average molecular weight is 580 g/mol. The van der Waals surface area contributed by atoms with Crippen LogP contribution in [0.5, 0.6) is 5.88 Å². The van der Waals surface area contributed by atoms with Gasteiger partial charge in [-0.2, -0.15) is 8.42 Å². The van der Waals surface area contributed by atoms with Crippen molar-refractivity contribution in [1.29, 1.82) is 0 Å². The lowest BCUT2D eigenvalue weighted by molar-refractivity contribution is -0.134. The van der Waals surface area contributed by atoms with Crippen LogP contribution in [-0.2, 0) is 32.6 Å². The summed E-state index contributed by atoms with van der Waals surface area (Å²) in [5.41, 5.74) is 2.21. The number of piperidine rings is 1. The molecule has 14 heteroatoms. The van der Waals surface area contributed by atoms with E-state index in [0.717, 1.165) is 17.8 Å². The monoisotopic (exact) mass is 579 g/mol. The summed E-state index contributed by atoms with van der Waals surface area (Å²) in [5, 5.41) is 11.6. The number of ether oxygens (including phenoxy) is 1. The van der Waals surface area contributed by atoms with Gasteiger partial charge in [0.05, 0.1) is 10.7 Å². The van der Waals surface area contributed by atoms with Crippen LogP contribution in [0.4, 0.5) is 0 Å². The third kappa shape index (κ3) is 6.17. The van der Waals surface area contributed by atoms with E-state index in [4.69, 9.17) is 26.2 Å². The van der Waals surface area contributed by atoms with E-state index in [2.05, 4.69) is 10.3 Å². The molecular weight excluding hydrogens is 554 g/mol. The van der Waals surface area contributed by atoms with Crippen LogP contribution < -0.4 is 4.74 Å². The van der Waals surface area contributed by atoms with E-state index in [9.17, 15) is 17.8 Å². The van der Waals surface area contributed by atoms with Crippen molar-refractivity contribution >= 4 is 44.7 Å². The number of aromatic nitrogens is 3. The van der Waals surface area contributed by atoms with E-state index in [-0.39, 0.29) is 18.4 Å². The maximum Gasteiger partial charge on any atom is 0.269 e. The van der Waals surface area contributed by atoms with Gasteiger partial charge in [0.1, 0.15) is 11.5 Å². The number of aryl methyl sites for hydroxylation is 1. The van der Waals surface area contributed by atoms with Crippen LogP contribution in [0.25, 0.3) is 0 Å². The van der Waals surface area contributed by atoms with E-state index in [1.807, 2.05) is 5.38 Å². The molecule has 2 aliphatic heterocycles. The third-order valence-electron chi connectivity index (χ3n) is 6.52. The number of amides is 1. The highest BCUT2D eigenvalue weighted by molar-refractivity contribution is 7.85. The van der Waals surface area contributed by atoms with Crippen molar-refractivity contribution in [2.24, 2.45) is 12.2 Å². The predicted octanol–water partition coefficient (Wildman–Crippen LogP) is 3.57. The summed E-state index contributed by atoms with van der Waals surface area (Å²) >= 11 is 7.91. The van der Waals surface area contributed by atoms with Crippen molar-refractivity contribution in [3.8, 4) is 5.88 Å².